The van der Waals surface area contributed by atoms with Crippen molar-refractivity contribution in [3.05, 3.63) is 18.0 Å². The summed E-state index contributed by atoms with van der Waals surface area (Å²) < 4.78 is 0. The predicted molar refractivity (Wildman–Crippen MR) is 30.7 cm³/mol. The van der Waals surface area contributed by atoms with Gasteiger partial charge in [-0.05, 0) is 6.07 Å². The molecule has 4 heteroatoms. The molecule has 0 fully saturated rings. The summed E-state index contributed by atoms with van der Waals surface area (Å²) >= 11 is 0. The fraction of sp³-hybridized carbons (Fsp3) is 0. The standard InChI is InChI=1S/C4H6N4/c5-4(6)3-1-2-7-8-3/h1-2H,(H3,5,6)(H,7,8)/p+1. The van der Waals surface area contributed by atoms with E-state index in [4.69, 9.17) is 11.1 Å². The van der Waals surface area contributed by atoms with Crippen molar-refractivity contribution in [1.29, 1.82) is 5.41 Å². The zero-order valence-corrected chi connectivity index (χ0v) is 4.18. The number of hydrogen-bond acceptors (Lipinski definition) is 2. The Kier molecular flexibility index (Phi) is 0.997. The SMILES string of the molecule is N=C(N)c1ccn[nH]1.[H+]. The number of nitrogens with zero attached hydrogens (tertiary/aromatic N) is 1. The molecule has 0 saturated carbocycles. The van der Waals surface area contributed by atoms with Crippen LogP contribution in [0.25, 0.3) is 0 Å². The van der Waals surface area contributed by atoms with Crippen LogP contribution in [0.1, 0.15) is 7.12 Å². The molecule has 0 aliphatic carbocycles. The van der Waals surface area contributed by atoms with Crippen LogP contribution in [0.2, 0.25) is 0 Å². The zero-order valence-electron chi connectivity index (χ0n) is 5.18. The smallest absolute Gasteiger partial charge is 0.382 e. The first-order chi connectivity index (χ1) is 3.80. The molecule has 0 aliphatic heterocycles. The van der Waals surface area contributed by atoms with Gasteiger partial charge in [-0.1, -0.05) is 0 Å². The van der Waals surface area contributed by atoms with E-state index in [0.717, 1.165) is 0 Å². The van der Waals surface area contributed by atoms with Gasteiger partial charge in [-0.15, -0.1) is 0 Å². The van der Waals surface area contributed by atoms with Crippen LogP contribution in [-0.2, 0) is 0 Å². The van der Waals surface area contributed by atoms with Gasteiger partial charge in [0.1, 0.15) is 5.84 Å². The second-order valence-corrected chi connectivity index (χ2v) is 1.38. The van der Waals surface area contributed by atoms with E-state index in [9.17, 15) is 0 Å². The fourth-order valence-corrected chi connectivity index (χ4v) is 0.406. The van der Waals surface area contributed by atoms with Crippen LogP contribution in [-0.4, -0.2) is 16.0 Å². The number of nitrogens with one attached hydrogen (secondary N) is 2. The van der Waals surface area contributed by atoms with E-state index in [-0.39, 0.29) is 7.26 Å². The van der Waals surface area contributed by atoms with Crippen molar-refractivity contribution < 1.29 is 1.43 Å². The molecule has 1 aromatic heterocycles. The van der Waals surface area contributed by atoms with Crippen molar-refractivity contribution in [2.75, 3.05) is 0 Å². The number of amidine groups is 1. The maximum atomic E-state index is 6.86. The van der Waals surface area contributed by atoms with Crippen molar-refractivity contribution in [2.45, 2.75) is 0 Å². The molecule has 8 heavy (non-hydrogen) atoms. The highest BCUT2D eigenvalue weighted by Crippen LogP contribution is 1.85. The minimum absolute atomic E-state index is 0. The molecule has 0 aromatic carbocycles. The van der Waals surface area contributed by atoms with Gasteiger partial charge >= 0.3 is 1.43 Å². The molecule has 1 rings (SSSR count). The lowest BCUT2D eigenvalue weighted by Gasteiger charge is -1.85. The highest BCUT2D eigenvalue weighted by atomic mass is 15.1. The molecule has 1 heterocycles. The van der Waals surface area contributed by atoms with Gasteiger partial charge in [0.2, 0.25) is 0 Å². The molecule has 4 N–H and O–H groups in total. The summed E-state index contributed by atoms with van der Waals surface area (Å²) in [6.07, 6.45) is 1.55. The molecule has 4 nitrogen and oxygen atoms in total. The summed E-state index contributed by atoms with van der Waals surface area (Å²) in [7, 11) is 0. The van der Waals surface area contributed by atoms with Gasteiger partial charge in [-0.3, -0.25) is 10.5 Å². The Morgan fingerprint density at radius 1 is 2.00 bits per heavy atom. The van der Waals surface area contributed by atoms with Crippen molar-refractivity contribution in [3.8, 4) is 0 Å². The average molecular weight is 111 g/mol. The summed E-state index contributed by atoms with van der Waals surface area (Å²) in [6, 6.07) is 1.64. The Balaban J connectivity index is 0.000000640. The van der Waals surface area contributed by atoms with E-state index in [0.29, 0.717) is 5.69 Å². The van der Waals surface area contributed by atoms with E-state index < -0.39 is 0 Å². The van der Waals surface area contributed by atoms with E-state index in [1.807, 2.05) is 0 Å². The number of H-pyrrole nitrogens is 1. The van der Waals surface area contributed by atoms with E-state index in [2.05, 4.69) is 10.2 Å². The van der Waals surface area contributed by atoms with E-state index >= 15 is 0 Å². The topological polar surface area (TPSA) is 78.6 Å². The van der Waals surface area contributed by atoms with Gasteiger partial charge in [-0.2, -0.15) is 5.10 Å². The Hall–Kier alpha value is -1.32. The van der Waals surface area contributed by atoms with E-state index in [1.54, 1.807) is 12.3 Å². The van der Waals surface area contributed by atoms with Crippen LogP contribution in [0, 0.1) is 5.41 Å². The number of rotatable bonds is 1. The minimum atomic E-state index is 0. The second kappa shape index (κ2) is 1.65. The van der Waals surface area contributed by atoms with Crippen LogP contribution >= 0.6 is 0 Å². The molecule has 0 bridgehead atoms. The Morgan fingerprint density at radius 2 is 2.75 bits per heavy atom. The number of nitrogens with two attached hydrogens (primary N) is 1. The first-order valence-electron chi connectivity index (χ1n) is 2.14. The Morgan fingerprint density at radius 3 is 3.00 bits per heavy atom. The van der Waals surface area contributed by atoms with Crippen LogP contribution in [0.3, 0.4) is 0 Å². The van der Waals surface area contributed by atoms with Crippen LogP contribution in [0.4, 0.5) is 0 Å². The lowest BCUT2D eigenvalue weighted by Crippen LogP contribution is -2.11. The predicted octanol–water partition coefficient (Wildman–Crippen LogP) is -0.194. The summed E-state index contributed by atoms with van der Waals surface area (Å²) in [6.45, 7) is 0. The quantitative estimate of drug-likeness (QED) is 0.347. The zero-order chi connectivity index (χ0) is 5.98. The van der Waals surface area contributed by atoms with Crippen molar-refractivity contribution >= 4 is 5.84 Å². The molecule has 42 valence electrons. The number of hydrogen-bond donors (Lipinski definition) is 3. The van der Waals surface area contributed by atoms with Crippen molar-refractivity contribution in [3.63, 3.8) is 0 Å². The fourth-order valence-electron chi connectivity index (χ4n) is 0.406. The Labute approximate surface area is 47.7 Å². The lowest BCUT2D eigenvalue weighted by molar-refractivity contribution is 1.07. The molecular weight excluding hydrogens is 104 g/mol. The normalized spacial score (nSPS) is 9.00. The molecule has 0 spiro atoms. The first kappa shape index (κ1) is 4.83. The van der Waals surface area contributed by atoms with Crippen LogP contribution in [0.15, 0.2) is 12.3 Å². The third-order valence-corrected chi connectivity index (χ3v) is 0.791. The molecule has 0 atom stereocenters. The van der Waals surface area contributed by atoms with Gasteiger partial charge in [0.25, 0.3) is 0 Å². The largest absolute Gasteiger partial charge is 1.00 e. The second-order valence-electron chi connectivity index (χ2n) is 1.38. The third-order valence-electron chi connectivity index (χ3n) is 0.791. The molecule has 0 aliphatic rings. The number of aromatic nitrogens is 2. The number of nitrogen functional groups attached to an aromatic ring is 1. The van der Waals surface area contributed by atoms with Gasteiger partial charge < -0.3 is 5.73 Å². The van der Waals surface area contributed by atoms with Gasteiger partial charge in [-0.25, -0.2) is 0 Å². The molecule has 1 aromatic rings. The third kappa shape index (κ3) is 0.676. The molecular formula is C4H7N4+. The van der Waals surface area contributed by atoms with Crippen LogP contribution in [0.5, 0.6) is 0 Å². The highest BCUT2D eigenvalue weighted by molar-refractivity contribution is 5.92. The van der Waals surface area contributed by atoms with Gasteiger partial charge in [0, 0.05) is 6.20 Å². The summed E-state index contributed by atoms with van der Waals surface area (Å²) in [4.78, 5) is 0. The van der Waals surface area contributed by atoms with Crippen molar-refractivity contribution in [1.82, 2.24) is 10.2 Å². The highest BCUT2D eigenvalue weighted by Gasteiger charge is 1.92. The first-order valence-corrected chi connectivity index (χ1v) is 2.14. The van der Waals surface area contributed by atoms with E-state index in [1.165, 1.54) is 0 Å². The maximum Gasteiger partial charge on any atom is 1.00 e. The molecule has 0 unspecified atom stereocenters. The average Bonchev–Trinajstić information content (AvgIpc) is 2.12. The molecule has 0 amide bonds. The van der Waals surface area contributed by atoms with Crippen LogP contribution < -0.4 is 5.73 Å². The minimum Gasteiger partial charge on any atom is -0.382 e. The van der Waals surface area contributed by atoms with Crippen molar-refractivity contribution in [2.24, 2.45) is 5.73 Å². The monoisotopic (exact) mass is 111 g/mol. The summed E-state index contributed by atoms with van der Waals surface area (Å²) in [5.41, 5.74) is 5.63. The van der Waals surface area contributed by atoms with Gasteiger partial charge in [0.15, 0.2) is 0 Å². The number of aromatic amines is 1. The summed E-state index contributed by atoms with van der Waals surface area (Å²) in [5.74, 6) is 0.0162. The summed E-state index contributed by atoms with van der Waals surface area (Å²) in [5, 5.41) is 13.0. The molecule has 0 radical (unpaired) electrons. The lowest BCUT2D eigenvalue weighted by atomic mass is 10.4. The maximum absolute atomic E-state index is 6.86. The van der Waals surface area contributed by atoms with Gasteiger partial charge in [0.05, 0.1) is 5.69 Å². The molecule has 0 saturated heterocycles. The Bertz CT molecular complexity index is 180.